The second-order valence-corrected chi connectivity index (χ2v) is 7.36. The van der Waals surface area contributed by atoms with E-state index in [9.17, 15) is 24.9 Å². The zero-order chi connectivity index (χ0) is 22.5. The molecular formula is C22H26N2O7. The van der Waals surface area contributed by atoms with Gasteiger partial charge in [-0.05, 0) is 42.7 Å². The Hall–Kier alpha value is -3.62. The Bertz CT molecular complexity index is 945. The van der Waals surface area contributed by atoms with Crippen LogP contribution in [0, 0.1) is 0 Å². The SMILES string of the molecule is COc1ccc(CC(=O)NC2CCN(C(=O)c3cc(O)c(O)c(O)c3)CC2)cc1OC. The third-order valence-electron chi connectivity index (χ3n) is 5.28. The van der Waals surface area contributed by atoms with E-state index in [1.807, 2.05) is 6.07 Å². The number of aromatic hydroxyl groups is 3. The van der Waals surface area contributed by atoms with Gasteiger partial charge in [0.1, 0.15) is 0 Å². The summed E-state index contributed by atoms with van der Waals surface area (Å²) in [4.78, 5) is 26.6. The molecule has 9 nitrogen and oxygen atoms in total. The highest BCUT2D eigenvalue weighted by molar-refractivity contribution is 5.95. The lowest BCUT2D eigenvalue weighted by atomic mass is 10.0. The molecule has 31 heavy (non-hydrogen) atoms. The van der Waals surface area contributed by atoms with Crippen molar-refractivity contribution >= 4 is 11.8 Å². The van der Waals surface area contributed by atoms with Crippen LogP contribution in [-0.2, 0) is 11.2 Å². The van der Waals surface area contributed by atoms with E-state index in [-0.39, 0.29) is 29.8 Å². The summed E-state index contributed by atoms with van der Waals surface area (Å²) in [5.41, 5.74) is 0.887. The van der Waals surface area contributed by atoms with Gasteiger partial charge in [-0.1, -0.05) is 6.07 Å². The number of carbonyl (C=O) groups is 2. The summed E-state index contributed by atoms with van der Waals surface area (Å²) in [6.45, 7) is 0.838. The van der Waals surface area contributed by atoms with Crippen LogP contribution in [0.15, 0.2) is 30.3 Å². The molecule has 2 aromatic rings. The van der Waals surface area contributed by atoms with Crippen molar-refractivity contribution in [2.45, 2.75) is 25.3 Å². The standard InChI is InChI=1S/C22H26N2O7/c1-30-18-4-3-13(9-19(18)31-2)10-20(27)23-15-5-7-24(8-6-15)22(29)14-11-16(25)21(28)17(26)12-14/h3-4,9,11-12,15,25-26,28H,5-8,10H2,1-2H3,(H,23,27). The van der Waals surface area contributed by atoms with E-state index in [4.69, 9.17) is 9.47 Å². The number of likely N-dealkylation sites (tertiary alicyclic amines) is 1. The van der Waals surface area contributed by atoms with E-state index in [0.29, 0.717) is 37.4 Å². The fourth-order valence-corrected chi connectivity index (χ4v) is 3.59. The number of hydrogen-bond donors (Lipinski definition) is 4. The number of nitrogens with one attached hydrogen (secondary N) is 1. The molecular weight excluding hydrogens is 404 g/mol. The van der Waals surface area contributed by atoms with Crippen molar-refractivity contribution in [3.63, 3.8) is 0 Å². The number of ether oxygens (including phenoxy) is 2. The molecule has 0 spiro atoms. The largest absolute Gasteiger partial charge is 0.504 e. The zero-order valence-corrected chi connectivity index (χ0v) is 17.4. The minimum atomic E-state index is -0.660. The van der Waals surface area contributed by atoms with Gasteiger partial charge in [0, 0.05) is 24.7 Å². The average Bonchev–Trinajstić information content (AvgIpc) is 2.77. The maximum Gasteiger partial charge on any atom is 0.254 e. The van der Waals surface area contributed by atoms with Crippen LogP contribution in [0.3, 0.4) is 0 Å². The molecule has 3 rings (SSSR count). The van der Waals surface area contributed by atoms with Crippen LogP contribution in [0.5, 0.6) is 28.7 Å². The number of amides is 2. The summed E-state index contributed by atoms with van der Waals surface area (Å²) in [6.07, 6.45) is 1.37. The molecule has 0 aromatic heterocycles. The molecule has 0 aliphatic carbocycles. The van der Waals surface area contributed by atoms with Crippen LogP contribution >= 0.6 is 0 Å². The van der Waals surface area contributed by atoms with E-state index in [2.05, 4.69) is 5.32 Å². The Labute approximate surface area is 179 Å². The minimum absolute atomic E-state index is 0.0571. The van der Waals surface area contributed by atoms with Crippen molar-refractivity contribution < 1.29 is 34.4 Å². The van der Waals surface area contributed by atoms with Gasteiger partial charge in [0.25, 0.3) is 5.91 Å². The first kappa shape index (κ1) is 22.1. The Kier molecular flexibility index (Phi) is 6.74. The first-order chi connectivity index (χ1) is 14.8. The molecule has 0 atom stereocenters. The smallest absolute Gasteiger partial charge is 0.254 e. The lowest BCUT2D eigenvalue weighted by Gasteiger charge is -2.32. The second-order valence-electron chi connectivity index (χ2n) is 7.36. The van der Waals surface area contributed by atoms with Gasteiger partial charge < -0.3 is 35.0 Å². The highest BCUT2D eigenvalue weighted by atomic mass is 16.5. The molecule has 1 heterocycles. The van der Waals surface area contributed by atoms with Crippen molar-refractivity contribution in [1.29, 1.82) is 0 Å². The first-order valence-corrected chi connectivity index (χ1v) is 9.86. The number of hydrogen-bond acceptors (Lipinski definition) is 7. The van der Waals surface area contributed by atoms with Crippen LogP contribution < -0.4 is 14.8 Å². The van der Waals surface area contributed by atoms with Gasteiger partial charge in [0.2, 0.25) is 5.91 Å². The number of benzene rings is 2. The van der Waals surface area contributed by atoms with Crippen LogP contribution in [0.1, 0.15) is 28.8 Å². The highest BCUT2D eigenvalue weighted by Crippen LogP contribution is 2.36. The molecule has 0 unspecified atom stereocenters. The fourth-order valence-electron chi connectivity index (χ4n) is 3.59. The zero-order valence-electron chi connectivity index (χ0n) is 17.4. The molecule has 0 bridgehead atoms. The lowest BCUT2D eigenvalue weighted by molar-refractivity contribution is -0.121. The predicted octanol–water partition coefficient (Wildman–Crippen LogP) is 1.78. The normalized spacial score (nSPS) is 14.2. The first-order valence-electron chi connectivity index (χ1n) is 9.86. The summed E-state index contributed by atoms with van der Waals surface area (Å²) in [7, 11) is 3.09. The molecule has 0 radical (unpaired) electrons. The fraction of sp³-hybridized carbons (Fsp3) is 0.364. The molecule has 1 aliphatic heterocycles. The van der Waals surface area contributed by atoms with Crippen LogP contribution in [-0.4, -0.2) is 65.4 Å². The summed E-state index contributed by atoms with van der Waals surface area (Å²) < 4.78 is 10.5. The third-order valence-corrected chi connectivity index (χ3v) is 5.28. The van der Waals surface area contributed by atoms with Gasteiger partial charge >= 0.3 is 0 Å². The molecule has 4 N–H and O–H groups in total. The summed E-state index contributed by atoms with van der Waals surface area (Å²) in [6, 6.07) is 7.51. The van der Waals surface area contributed by atoms with Crippen LogP contribution in [0.4, 0.5) is 0 Å². The molecule has 1 aliphatic rings. The van der Waals surface area contributed by atoms with E-state index >= 15 is 0 Å². The van der Waals surface area contributed by atoms with Gasteiger partial charge in [0.05, 0.1) is 20.6 Å². The third kappa shape index (κ3) is 5.11. The number of carbonyl (C=O) groups excluding carboxylic acids is 2. The van der Waals surface area contributed by atoms with Gasteiger partial charge in [-0.15, -0.1) is 0 Å². The Balaban J connectivity index is 1.53. The summed E-state index contributed by atoms with van der Waals surface area (Å²) in [5.74, 6) is -1.09. The number of nitrogens with zero attached hydrogens (tertiary/aromatic N) is 1. The van der Waals surface area contributed by atoms with E-state index in [1.54, 1.807) is 24.1 Å². The molecule has 9 heteroatoms. The van der Waals surface area contributed by atoms with Crippen molar-refractivity contribution in [2.75, 3.05) is 27.3 Å². The Morgan fingerprint density at radius 1 is 1.00 bits per heavy atom. The summed E-state index contributed by atoms with van der Waals surface area (Å²) in [5, 5.41) is 31.6. The number of piperidine rings is 1. The Morgan fingerprint density at radius 3 is 2.19 bits per heavy atom. The number of phenolic OH excluding ortho intramolecular Hbond substituents is 3. The van der Waals surface area contributed by atoms with Crippen molar-refractivity contribution in [2.24, 2.45) is 0 Å². The molecule has 166 valence electrons. The minimum Gasteiger partial charge on any atom is -0.504 e. The topological polar surface area (TPSA) is 129 Å². The van der Waals surface area contributed by atoms with Crippen molar-refractivity contribution in [3.05, 3.63) is 41.5 Å². The quantitative estimate of drug-likeness (QED) is 0.514. The maximum absolute atomic E-state index is 12.6. The maximum atomic E-state index is 12.6. The van der Waals surface area contributed by atoms with Crippen LogP contribution in [0.2, 0.25) is 0 Å². The molecule has 0 saturated carbocycles. The highest BCUT2D eigenvalue weighted by Gasteiger charge is 2.26. The summed E-state index contributed by atoms with van der Waals surface area (Å²) >= 11 is 0. The van der Waals surface area contributed by atoms with E-state index in [0.717, 1.165) is 17.7 Å². The van der Waals surface area contributed by atoms with Gasteiger partial charge in [-0.3, -0.25) is 9.59 Å². The number of rotatable bonds is 6. The number of phenols is 3. The van der Waals surface area contributed by atoms with E-state index in [1.165, 1.54) is 7.11 Å². The average molecular weight is 430 g/mol. The lowest BCUT2D eigenvalue weighted by Crippen LogP contribution is -2.46. The van der Waals surface area contributed by atoms with Gasteiger partial charge in [-0.25, -0.2) is 0 Å². The second kappa shape index (κ2) is 9.46. The molecule has 1 fully saturated rings. The predicted molar refractivity (Wildman–Crippen MR) is 112 cm³/mol. The van der Waals surface area contributed by atoms with E-state index < -0.39 is 17.2 Å². The Morgan fingerprint density at radius 2 is 1.61 bits per heavy atom. The monoisotopic (exact) mass is 430 g/mol. The molecule has 1 saturated heterocycles. The molecule has 2 amide bonds. The van der Waals surface area contributed by atoms with Crippen LogP contribution in [0.25, 0.3) is 0 Å². The van der Waals surface area contributed by atoms with Crippen molar-refractivity contribution in [3.8, 4) is 28.7 Å². The molecule has 2 aromatic carbocycles. The van der Waals surface area contributed by atoms with Crippen molar-refractivity contribution in [1.82, 2.24) is 10.2 Å². The number of methoxy groups -OCH3 is 2. The van der Waals surface area contributed by atoms with Gasteiger partial charge in [0.15, 0.2) is 28.7 Å². The van der Waals surface area contributed by atoms with Gasteiger partial charge in [-0.2, -0.15) is 0 Å².